The molecule has 2 aliphatic heterocycles. The SMILES string of the molecule is COC(=O)C1=CO[C@@H](O[C@@H]2O[C@H](CO)[C@@H](O)[C@H](O)[C@H]2O)[C@H]2[C@]1(O)[C@H](OC)C[C@]2(C)OC(=O)/C=C/c1ccccc1. The summed E-state index contributed by atoms with van der Waals surface area (Å²) < 4.78 is 33.2. The van der Waals surface area contributed by atoms with Gasteiger partial charge in [-0.25, -0.2) is 9.59 Å². The predicted molar refractivity (Wildman–Crippen MR) is 134 cm³/mol. The molecular formula is C27H34O13. The van der Waals surface area contributed by atoms with Crippen LogP contribution in [-0.4, -0.2) is 113 Å². The lowest BCUT2D eigenvalue weighted by atomic mass is 9.76. The average molecular weight is 567 g/mol. The number of hydrogen-bond acceptors (Lipinski definition) is 13. The number of benzene rings is 1. The molecule has 3 aliphatic rings. The van der Waals surface area contributed by atoms with E-state index in [2.05, 4.69) is 0 Å². The first-order valence-electron chi connectivity index (χ1n) is 12.6. The molecule has 0 aromatic heterocycles. The molecule has 1 saturated heterocycles. The molecule has 0 spiro atoms. The Balaban J connectivity index is 1.69. The molecule has 13 nitrogen and oxygen atoms in total. The molecule has 1 saturated carbocycles. The molecule has 2 heterocycles. The summed E-state index contributed by atoms with van der Waals surface area (Å²) in [5.74, 6) is -3.06. The van der Waals surface area contributed by atoms with Gasteiger partial charge in [0.25, 0.3) is 0 Å². The Labute approximate surface area is 230 Å². The van der Waals surface area contributed by atoms with Crippen molar-refractivity contribution in [1.29, 1.82) is 0 Å². The van der Waals surface area contributed by atoms with Gasteiger partial charge in [0.2, 0.25) is 6.29 Å². The lowest BCUT2D eigenvalue weighted by molar-refractivity contribution is -0.352. The molecule has 1 aromatic carbocycles. The van der Waals surface area contributed by atoms with Crippen molar-refractivity contribution in [2.24, 2.45) is 5.92 Å². The number of carbonyl (C=O) groups is 2. The Morgan fingerprint density at radius 1 is 1.07 bits per heavy atom. The molecule has 40 heavy (non-hydrogen) atoms. The fourth-order valence-corrected chi connectivity index (χ4v) is 5.57. The smallest absolute Gasteiger partial charge is 0.339 e. The van der Waals surface area contributed by atoms with E-state index in [0.717, 1.165) is 18.9 Å². The summed E-state index contributed by atoms with van der Waals surface area (Å²) in [6.45, 7) is 0.800. The summed E-state index contributed by atoms with van der Waals surface area (Å²) in [7, 11) is 2.42. The van der Waals surface area contributed by atoms with Gasteiger partial charge in [-0.05, 0) is 18.6 Å². The molecule has 0 amide bonds. The number of ether oxygens (including phenoxy) is 6. The molecule has 4 rings (SSSR count). The Bertz CT molecular complexity index is 1120. The number of rotatable bonds is 8. The van der Waals surface area contributed by atoms with E-state index in [0.29, 0.717) is 0 Å². The minimum absolute atomic E-state index is 0.109. The van der Waals surface area contributed by atoms with Crippen molar-refractivity contribution in [3.8, 4) is 0 Å². The zero-order valence-corrected chi connectivity index (χ0v) is 22.2. The standard InChI is InChI=1S/C27H34O13/c1-26(40-18(29)10-9-14-7-5-4-6-8-14)11-17(35-2)27(34)15(23(33)36-3)13-37-25(22(26)27)39-24-21(32)20(31)19(30)16(12-28)38-24/h4-10,13,16-17,19-22,24-25,28,30-32,34H,11-12H2,1-3H3/b10-9+/t16-,17-,19-,20+,21-,22-,24+,25+,26+,27-/m1/s1. The first-order chi connectivity index (χ1) is 19.0. The lowest BCUT2D eigenvalue weighted by Crippen LogP contribution is -2.63. The highest BCUT2D eigenvalue weighted by molar-refractivity contribution is 5.91. The number of carbonyl (C=O) groups excluding carboxylic acids is 2. The Morgan fingerprint density at radius 3 is 2.40 bits per heavy atom. The van der Waals surface area contributed by atoms with Gasteiger partial charge in [0.1, 0.15) is 47.5 Å². The van der Waals surface area contributed by atoms with Crippen LogP contribution in [-0.2, 0) is 38.0 Å². The fourth-order valence-electron chi connectivity index (χ4n) is 5.57. The van der Waals surface area contributed by atoms with Crippen molar-refractivity contribution in [3.63, 3.8) is 0 Å². The predicted octanol–water partition coefficient (Wildman–Crippen LogP) is -1.00. The maximum atomic E-state index is 13.0. The minimum atomic E-state index is -2.17. The second kappa shape index (κ2) is 11.9. The van der Waals surface area contributed by atoms with Gasteiger partial charge < -0.3 is 54.0 Å². The van der Waals surface area contributed by atoms with Crippen LogP contribution >= 0.6 is 0 Å². The van der Waals surface area contributed by atoms with Gasteiger partial charge in [0.05, 0.1) is 25.7 Å². The third-order valence-corrected chi connectivity index (χ3v) is 7.59. The van der Waals surface area contributed by atoms with E-state index >= 15 is 0 Å². The first kappa shape index (κ1) is 30.1. The summed E-state index contributed by atoms with van der Waals surface area (Å²) in [5.41, 5.74) is -3.33. The third-order valence-electron chi connectivity index (χ3n) is 7.59. The van der Waals surface area contributed by atoms with Gasteiger partial charge in [-0.3, -0.25) is 0 Å². The summed E-state index contributed by atoms with van der Waals surface area (Å²) in [6, 6.07) is 8.99. The second-order valence-electron chi connectivity index (χ2n) is 10.1. The Hall–Kier alpha value is -2.88. The molecule has 2 fully saturated rings. The van der Waals surface area contributed by atoms with Crippen molar-refractivity contribution in [1.82, 2.24) is 0 Å². The van der Waals surface area contributed by atoms with Crippen LogP contribution in [0.3, 0.4) is 0 Å². The van der Waals surface area contributed by atoms with Crippen LogP contribution in [0.4, 0.5) is 0 Å². The molecule has 0 radical (unpaired) electrons. The van der Waals surface area contributed by atoms with E-state index < -0.39 is 78.8 Å². The number of methoxy groups -OCH3 is 2. The molecule has 1 aliphatic carbocycles. The third kappa shape index (κ3) is 5.39. The topological polar surface area (TPSA) is 191 Å². The van der Waals surface area contributed by atoms with Gasteiger partial charge >= 0.3 is 11.9 Å². The van der Waals surface area contributed by atoms with Gasteiger partial charge in [0.15, 0.2) is 6.29 Å². The van der Waals surface area contributed by atoms with E-state index in [1.165, 1.54) is 20.1 Å². The Kier molecular flexibility index (Phi) is 8.97. The van der Waals surface area contributed by atoms with Crippen LogP contribution in [0.2, 0.25) is 0 Å². The number of aliphatic hydroxyl groups is 5. The quantitative estimate of drug-likeness (QED) is 0.190. The molecule has 5 N–H and O–H groups in total. The van der Waals surface area contributed by atoms with Crippen LogP contribution in [0.15, 0.2) is 48.2 Å². The lowest BCUT2D eigenvalue weighted by Gasteiger charge is -2.47. The zero-order chi connectivity index (χ0) is 29.2. The molecule has 10 atom stereocenters. The normalized spacial score (nSPS) is 39.2. The highest BCUT2D eigenvalue weighted by Crippen LogP contribution is 2.55. The number of esters is 2. The molecule has 220 valence electrons. The van der Waals surface area contributed by atoms with Crippen LogP contribution in [0.5, 0.6) is 0 Å². The summed E-state index contributed by atoms with van der Waals surface area (Å²) >= 11 is 0. The van der Waals surface area contributed by atoms with Gasteiger partial charge in [0, 0.05) is 19.6 Å². The van der Waals surface area contributed by atoms with E-state index in [9.17, 15) is 35.1 Å². The highest BCUT2D eigenvalue weighted by atomic mass is 16.8. The Morgan fingerprint density at radius 2 is 1.77 bits per heavy atom. The van der Waals surface area contributed by atoms with Crippen molar-refractivity contribution in [3.05, 3.63) is 53.8 Å². The molecule has 0 bridgehead atoms. The van der Waals surface area contributed by atoms with E-state index in [1.54, 1.807) is 30.3 Å². The van der Waals surface area contributed by atoms with Gasteiger partial charge in [-0.1, -0.05) is 30.3 Å². The van der Waals surface area contributed by atoms with Crippen LogP contribution < -0.4 is 0 Å². The summed E-state index contributed by atoms with van der Waals surface area (Å²) in [4.78, 5) is 25.6. The van der Waals surface area contributed by atoms with Gasteiger partial charge in [-0.15, -0.1) is 0 Å². The minimum Gasteiger partial charge on any atom is -0.471 e. The maximum absolute atomic E-state index is 13.0. The first-order valence-corrected chi connectivity index (χ1v) is 12.6. The monoisotopic (exact) mass is 566 g/mol. The van der Waals surface area contributed by atoms with E-state index in [-0.39, 0.29) is 12.0 Å². The second-order valence-corrected chi connectivity index (χ2v) is 10.1. The van der Waals surface area contributed by atoms with E-state index in [1.807, 2.05) is 6.07 Å². The molecule has 1 aromatic rings. The maximum Gasteiger partial charge on any atom is 0.339 e. The fraction of sp³-hybridized carbons (Fsp3) is 0.556. The zero-order valence-electron chi connectivity index (χ0n) is 22.2. The van der Waals surface area contributed by atoms with Crippen molar-refractivity contribution < 1.29 is 63.5 Å². The van der Waals surface area contributed by atoms with Crippen LogP contribution in [0, 0.1) is 5.92 Å². The summed E-state index contributed by atoms with van der Waals surface area (Å²) in [6.07, 6.45) is -7.21. The molecule has 13 heteroatoms. The average Bonchev–Trinajstić information content (AvgIpc) is 3.18. The van der Waals surface area contributed by atoms with Crippen molar-refractivity contribution in [2.45, 2.75) is 67.6 Å². The van der Waals surface area contributed by atoms with Crippen molar-refractivity contribution >= 4 is 18.0 Å². The largest absolute Gasteiger partial charge is 0.471 e. The summed E-state index contributed by atoms with van der Waals surface area (Å²) in [5, 5.41) is 52.4. The molecular weight excluding hydrogens is 532 g/mol. The van der Waals surface area contributed by atoms with E-state index in [4.69, 9.17) is 28.4 Å². The number of fused-ring (bicyclic) bond motifs is 1. The highest BCUT2D eigenvalue weighted by Gasteiger charge is 2.70. The van der Waals surface area contributed by atoms with Crippen LogP contribution in [0.25, 0.3) is 6.08 Å². The van der Waals surface area contributed by atoms with Crippen molar-refractivity contribution in [2.75, 3.05) is 20.8 Å². The van der Waals surface area contributed by atoms with Gasteiger partial charge in [-0.2, -0.15) is 0 Å². The number of hydrogen-bond donors (Lipinski definition) is 5. The van der Waals surface area contributed by atoms with Crippen LogP contribution in [0.1, 0.15) is 18.9 Å². The number of aliphatic hydroxyl groups excluding tert-OH is 4. The molecule has 0 unspecified atom stereocenters.